The fourth-order valence-electron chi connectivity index (χ4n) is 3.03. The number of carbonyl (C=O) groups excluding carboxylic acids is 1. The van der Waals surface area contributed by atoms with E-state index in [2.05, 4.69) is 4.72 Å². The van der Waals surface area contributed by atoms with Gasteiger partial charge >= 0.3 is 0 Å². The Hall–Kier alpha value is -2.05. The van der Waals surface area contributed by atoms with E-state index in [1.54, 1.807) is 43.3 Å². The highest BCUT2D eigenvalue weighted by molar-refractivity contribution is 7.92. The Bertz CT molecular complexity index is 905. The SMILES string of the molecule is Cc1c(Cl)cccc1S(=O)(=O)Nc1ccc(CC(=O)N2CCCC2)cc1. The van der Waals surface area contributed by atoms with Crippen LogP contribution in [0.2, 0.25) is 5.02 Å². The first-order valence-electron chi connectivity index (χ1n) is 8.51. The molecule has 1 fully saturated rings. The lowest BCUT2D eigenvalue weighted by Crippen LogP contribution is -2.29. The smallest absolute Gasteiger partial charge is 0.262 e. The van der Waals surface area contributed by atoms with Crippen LogP contribution in [0.15, 0.2) is 47.4 Å². The molecule has 0 saturated carbocycles. The molecule has 0 bridgehead atoms. The van der Waals surface area contributed by atoms with Gasteiger partial charge in [-0.15, -0.1) is 0 Å². The number of anilines is 1. The van der Waals surface area contributed by atoms with Crippen molar-refractivity contribution in [3.8, 4) is 0 Å². The molecule has 1 amide bonds. The summed E-state index contributed by atoms with van der Waals surface area (Å²) in [5, 5.41) is 0.406. The Morgan fingerprint density at radius 3 is 2.42 bits per heavy atom. The van der Waals surface area contributed by atoms with E-state index >= 15 is 0 Å². The number of nitrogens with zero attached hydrogens (tertiary/aromatic N) is 1. The zero-order chi connectivity index (χ0) is 18.7. The van der Waals surface area contributed by atoms with E-state index in [1.807, 2.05) is 4.90 Å². The highest BCUT2D eigenvalue weighted by atomic mass is 35.5. The second kappa shape index (κ2) is 7.68. The van der Waals surface area contributed by atoms with Crippen LogP contribution in [-0.2, 0) is 21.2 Å². The van der Waals surface area contributed by atoms with Gasteiger partial charge in [0.15, 0.2) is 0 Å². The number of carbonyl (C=O) groups is 1. The zero-order valence-corrected chi connectivity index (χ0v) is 16.1. The van der Waals surface area contributed by atoms with Crippen LogP contribution in [0.25, 0.3) is 0 Å². The molecule has 1 N–H and O–H groups in total. The maximum absolute atomic E-state index is 12.6. The maximum Gasteiger partial charge on any atom is 0.262 e. The van der Waals surface area contributed by atoms with Crippen molar-refractivity contribution >= 4 is 33.2 Å². The molecule has 0 atom stereocenters. The quantitative estimate of drug-likeness (QED) is 0.845. The molecular weight excluding hydrogens is 372 g/mol. The number of amides is 1. The van der Waals surface area contributed by atoms with Gasteiger partial charge in [-0.3, -0.25) is 9.52 Å². The Morgan fingerprint density at radius 2 is 1.77 bits per heavy atom. The first-order chi connectivity index (χ1) is 12.4. The van der Waals surface area contributed by atoms with Gasteiger partial charge in [-0.05, 0) is 55.2 Å². The summed E-state index contributed by atoms with van der Waals surface area (Å²) in [5.74, 6) is 0.116. The normalized spacial score (nSPS) is 14.5. The number of sulfonamides is 1. The van der Waals surface area contributed by atoms with E-state index in [0.29, 0.717) is 22.7 Å². The minimum Gasteiger partial charge on any atom is -0.342 e. The van der Waals surface area contributed by atoms with Crippen molar-refractivity contribution in [1.29, 1.82) is 0 Å². The lowest BCUT2D eigenvalue weighted by Gasteiger charge is -2.15. The number of halogens is 1. The molecule has 3 rings (SSSR count). The van der Waals surface area contributed by atoms with Gasteiger partial charge in [0.25, 0.3) is 10.0 Å². The van der Waals surface area contributed by atoms with E-state index in [1.165, 1.54) is 6.07 Å². The number of nitrogens with one attached hydrogen (secondary N) is 1. The van der Waals surface area contributed by atoms with Gasteiger partial charge in [0.1, 0.15) is 0 Å². The van der Waals surface area contributed by atoms with Crippen molar-refractivity contribution in [2.75, 3.05) is 17.8 Å². The van der Waals surface area contributed by atoms with E-state index < -0.39 is 10.0 Å². The number of benzene rings is 2. The van der Waals surface area contributed by atoms with Crippen molar-refractivity contribution < 1.29 is 13.2 Å². The van der Waals surface area contributed by atoms with Crippen LogP contribution in [0.1, 0.15) is 24.0 Å². The molecule has 26 heavy (non-hydrogen) atoms. The molecule has 2 aromatic rings. The molecule has 0 aromatic heterocycles. The average molecular weight is 393 g/mol. The van der Waals surface area contributed by atoms with Crippen molar-refractivity contribution in [2.24, 2.45) is 0 Å². The third kappa shape index (κ3) is 4.19. The van der Waals surface area contributed by atoms with Gasteiger partial charge in [0, 0.05) is 23.8 Å². The fraction of sp³-hybridized carbons (Fsp3) is 0.316. The highest BCUT2D eigenvalue weighted by Gasteiger charge is 2.19. The summed E-state index contributed by atoms with van der Waals surface area (Å²) >= 11 is 6.02. The molecule has 0 spiro atoms. The van der Waals surface area contributed by atoms with Crippen LogP contribution in [0, 0.1) is 6.92 Å². The molecule has 7 heteroatoms. The molecule has 5 nitrogen and oxygen atoms in total. The summed E-state index contributed by atoms with van der Waals surface area (Å²) in [4.78, 5) is 14.2. The summed E-state index contributed by atoms with van der Waals surface area (Å²) in [6, 6.07) is 11.7. The Morgan fingerprint density at radius 1 is 1.12 bits per heavy atom. The standard InChI is InChI=1S/C19H21ClN2O3S/c1-14-17(20)5-4-6-18(14)26(24,25)21-16-9-7-15(8-10-16)13-19(23)22-11-2-3-12-22/h4-10,21H,2-3,11-13H2,1H3. The molecule has 2 aromatic carbocycles. The van der Waals surface area contributed by atoms with E-state index in [0.717, 1.165) is 31.5 Å². The van der Waals surface area contributed by atoms with Crippen molar-refractivity contribution in [3.63, 3.8) is 0 Å². The van der Waals surface area contributed by atoms with Gasteiger partial charge < -0.3 is 4.90 Å². The summed E-state index contributed by atoms with van der Waals surface area (Å²) in [5.41, 5.74) is 1.82. The predicted molar refractivity (Wildman–Crippen MR) is 103 cm³/mol. The van der Waals surface area contributed by atoms with E-state index in [-0.39, 0.29) is 10.8 Å². The monoisotopic (exact) mass is 392 g/mol. The molecule has 1 saturated heterocycles. The van der Waals surface area contributed by atoms with Gasteiger partial charge in [0.2, 0.25) is 5.91 Å². The number of likely N-dealkylation sites (tertiary alicyclic amines) is 1. The first-order valence-corrected chi connectivity index (χ1v) is 10.4. The summed E-state index contributed by atoms with van der Waals surface area (Å²) in [6.45, 7) is 3.33. The Balaban J connectivity index is 1.70. The Kier molecular flexibility index (Phi) is 5.53. The molecule has 1 aliphatic heterocycles. The average Bonchev–Trinajstić information content (AvgIpc) is 3.13. The zero-order valence-electron chi connectivity index (χ0n) is 14.5. The van der Waals surface area contributed by atoms with Gasteiger partial charge in [-0.1, -0.05) is 29.8 Å². The molecule has 1 aliphatic rings. The minimum atomic E-state index is -3.73. The second-order valence-corrected chi connectivity index (χ2v) is 8.49. The van der Waals surface area contributed by atoms with Crippen LogP contribution in [0.3, 0.4) is 0 Å². The number of hydrogen-bond donors (Lipinski definition) is 1. The first kappa shape index (κ1) is 18.7. The topological polar surface area (TPSA) is 66.5 Å². The summed E-state index contributed by atoms with van der Waals surface area (Å²) in [7, 11) is -3.73. The van der Waals surface area contributed by atoms with Crippen molar-refractivity contribution in [2.45, 2.75) is 31.1 Å². The lowest BCUT2D eigenvalue weighted by atomic mass is 10.1. The fourth-order valence-corrected chi connectivity index (χ4v) is 4.59. The van der Waals surface area contributed by atoms with Crippen LogP contribution >= 0.6 is 11.6 Å². The third-order valence-corrected chi connectivity index (χ3v) is 6.46. The Labute approximate surface area is 159 Å². The van der Waals surface area contributed by atoms with Crippen LogP contribution in [0.5, 0.6) is 0 Å². The van der Waals surface area contributed by atoms with Crippen LogP contribution in [-0.4, -0.2) is 32.3 Å². The molecular formula is C19H21ClN2O3S. The predicted octanol–water partition coefficient (Wildman–Crippen LogP) is 3.61. The highest BCUT2D eigenvalue weighted by Crippen LogP contribution is 2.25. The third-order valence-electron chi connectivity index (χ3n) is 4.53. The number of rotatable bonds is 5. The second-order valence-electron chi connectivity index (χ2n) is 6.43. The molecule has 0 radical (unpaired) electrons. The van der Waals surface area contributed by atoms with Crippen LogP contribution in [0.4, 0.5) is 5.69 Å². The van der Waals surface area contributed by atoms with Crippen molar-refractivity contribution in [1.82, 2.24) is 4.90 Å². The minimum absolute atomic E-state index is 0.116. The van der Waals surface area contributed by atoms with Crippen molar-refractivity contribution in [3.05, 3.63) is 58.6 Å². The maximum atomic E-state index is 12.6. The van der Waals surface area contributed by atoms with E-state index in [4.69, 9.17) is 11.6 Å². The van der Waals surface area contributed by atoms with Gasteiger partial charge in [-0.25, -0.2) is 8.42 Å². The molecule has 0 aliphatic carbocycles. The van der Waals surface area contributed by atoms with Gasteiger partial charge in [-0.2, -0.15) is 0 Å². The largest absolute Gasteiger partial charge is 0.342 e. The van der Waals surface area contributed by atoms with E-state index in [9.17, 15) is 13.2 Å². The summed E-state index contributed by atoms with van der Waals surface area (Å²) < 4.78 is 27.7. The summed E-state index contributed by atoms with van der Waals surface area (Å²) in [6.07, 6.45) is 2.46. The lowest BCUT2D eigenvalue weighted by molar-refractivity contribution is -0.129. The molecule has 138 valence electrons. The van der Waals surface area contributed by atoms with Crippen LogP contribution < -0.4 is 4.72 Å². The molecule has 1 heterocycles. The number of hydrogen-bond acceptors (Lipinski definition) is 3. The van der Waals surface area contributed by atoms with Gasteiger partial charge in [0.05, 0.1) is 11.3 Å². The molecule has 0 unspecified atom stereocenters.